The lowest BCUT2D eigenvalue weighted by Crippen LogP contribution is -2.16. The Labute approximate surface area is 207 Å². The maximum Gasteiger partial charge on any atom is 0.311 e. The van der Waals surface area contributed by atoms with Crippen LogP contribution in [0, 0.1) is 20.8 Å². The van der Waals surface area contributed by atoms with Gasteiger partial charge in [-0.05, 0) is 90.6 Å². The molecule has 0 saturated heterocycles. The zero-order valence-corrected chi connectivity index (χ0v) is 21.1. The summed E-state index contributed by atoms with van der Waals surface area (Å²) in [6, 6.07) is 15.6. The van der Waals surface area contributed by atoms with Crippen LogP contribution in [0.3, 0.4) is 0 Å². The molecule has 182 valence electrons. The smallest absolute Gasteiger partial charge is 0.311 e. The van der Waals surface area contributed by atoms with Gasteiger partial charge in [0, 0.05) is 0 Å². The molecule has 0 fully saturated rings. The van der Waals surface area contributed by atoms with E-state index in [4.69, 9.17) is 14.2 Å². The Bertz CT molecular complexity index is 1230. The first-order valence-electron chi connectivity index (χ1n) is 12.0. The molecular formula is C30H32O5. The van der Waals surface area contributed by atoms with Crippen LogP contribution >= 0.6 is 0 Å². The van der Waals surface area contributed by atoms with E-state index in [2.05, 4.69) is 38.1 Å². The standard InChI is InChI=1S/C30H32O5/c1-18-12-23(17-24-15-19(2)29(18)24)16-22-13-20(3)30(21(4)14-22)35-28(32)11-10-27(31)34-26-9-7-6-8-25(26)33-5/h6-9,12-14,17,19H,10-11,15-16H2,1-5H3. The summed E-state index contributed by atoms with van der Waals surface area (Å²) in [6.07, 6.45) is 1.85. The molecule has 3 aromatic rings. The summed E-state index contributed by atoms with van der Waals surface area (Å²) in [7, 11) is 1.51. The molecule has 4 rings (SSSR count). The van der Waals surface area contributed by atoms with Crippen molar-refractivity contribution in [3.05, 3.63) is 87.5 Å². The number of ether oxygens (including phenoxy) is 3. The van der Waals surface area contributed by atoms with E-state index in [1.807, 2.05) is 13.8 Å². The molecule has 0 N–H and O–H groups in total. The summed E-state index contributed by atoms with van der Waals surface area (Å²) in [4.78, 5) is 24.7. The third-order valence-electron chi connectivity index (χ3n) is 6.52. The lowest BCUT2D eigenvalue weighted by Gasteiger charge is -2.30. The summed E-state index contributed by atoms with van der Waals surface area (Å²) in [5, 5.41) is 0. The van der Waals surface area contributed by atoms with Crippen LogP contribution in [0.2, 0.25) is 0 Å². The average molecular weight is 473 g/mol. The highest BCUT2D eigenvalue weighted by molar-refractivity contribution is 5.80. The van der Waals surface area contributed by atoms with Crippen molar-refractivity contribution in [2.75, 3.05) is 7.11 Å². The summed E-state index contributed by atoms with van der Waals surface area (Å²) in [5.41, 5.74) is 8.65. The summed E-state index contributed by atoms with van der Waals surface area (Å²) in [6.45, 7) is 8.37. The Morgan fingerprint density at radius 1 is 0.829 bits per heavy atom. The molecule has 0 radical (unpaired) electrons. The Kier molecular flexibility index (Phi) is 7.25. The number of carbonyl (C=O) groups excluding carboxylic acids is 2. The van der Waals surface area contributed by atoms with E-state index in [0.29, 0.717) is 23.2 Å². The average Bonchev–Trinajstić information content (AvgIpc) is 2.79. The lowest BCUT2D eigenvalue weighted by atomic mass is 9.75. The largest absolute Gasteiger partial charge is 0.493 e. The molecule has 0 aromatic heterocycles. The topological polar surface area (TPSA) is 61.8 Å². The number of fused-ring (bicyclic) bond motifs is 1. The van der Waals surface area contributed by atoms with E-state index in [-0.39, 0.29) is 12.8 Å². The van der Waals surface area contributed by atoms with Crippen LogP contribution in [0.15, 0.2) is 48.5 Å². The van der Waals surface area contributed by atoms with E-state index in [0.717, 1.165) is 24.0 Å². The number of methoxy groups -OCH3 is 1. The van der Waals surface area contributed by atoms with Gasteiger partial charge in [0.15, 0.2) is 11.5 Å². The summed E-state index contributed by atoms with van der Waals surface area (Å²) < 4.78 is 16.1. The summed E-state index contributed by atoms with van der Waals surface area (Å²) >= 11 is 0. The second kappa shape index (κ2) is 10.3. The number of aryl methyl sites for hydroxylation is 3. The highest BCUT2D eigenvalue weighted by Gasteiger charge is 2.24. The maximum atomic E-state index is 12.5. The number of esters is 2. The predicted octanol–water partition coefficient (Wildman–Crippen LogP) is 6.16. The lowest BCUT2D eigenvalue weighted by molar-refractivity contribution is -0.140. The highest BCUT2D eigenvalue weighted by Crippen LogP contribution is 2.38. The number of benzene rings is 3. The minimum Gasteiger partial charge on any atom is -0.493 e. The minimum atomic E-state index is -0.515. The van der Waals surface area contributed by atoms with Crippen LogP contribution in [0.4, 0.5) is 0 Å². The quantitative estimate of drug-likeness (QED) is 0.290. The number of hydrogen-bond donors (Lipinski definition) is 0. The van der Waals surface area contributed by atoms with Crippen molar-refractivity contribution >= 4 is 11.9 Å². The Hall–Kier alpha value is -3.60. The Balaban J connectivity index is 1.35. The number of hydrogen-bond acceptors (Lipinski definition) is 5. The molecule has 1 atom stereocenters. The molecule has 0 heterocycles. The predicted molar refractivity (Wildman–Crippen MR) is 136 cm³/mol. The second-order valence-corrected chi connectivity index (χ2v) is 9.43. The van der Waals surface area contributed by atoms with Crippen molar-refractivity contribution in [1.82, 2.24) is 0 Å². The monoisotopic (exact) mass is 472 g/mol. The molecule has 0 amide bonds. The first kappa shape index (κ1) is 24.5. The number of para-hydroxylation sites is 2. The first-order valence-corrected chi connectivity index (χ1v) is 12.0. The fraction of sp³-hybridized carbons (Fsp3) is 0.333. The van der Waals surface area contributed by atoms with Gasteiger partial charge in [-0.2, -0.15) is 0 Å². The number of rotatable bonds is 8. The minimum absolute atomic E-state index is 0.0680. The van der Waals surface area contributed by atoms with Crippen molar-refractivity contribution in [2.24, 2.45) is 0 Å². The van der Waals surface area contributed by atoms with Crippen LogP contribution in [0.25, 0.3) is 0 Å². The molecule has 1 aliphatic rings. The van der Waals surface area contributed by atoms with Gasteiger partial charge in [-0.3, -0.25) is 9.59 Å². The fourth-order valence-electron chi connectivity index (χ4n) is 5.01. The van der Waals surface area contributed by atoms with Gasteiger partial charge >= 0.3 is 11.9 Å². The first-order chi connectivity index (χ1) is 16.7. The van der Waals surface area contributed by atoms with Crippen LogP contribution in [-0.4, -0.2) is 19.0 Å². The zero-order valence-electron chi connectivity index (χ0n) is 21.1. The van der Waals surface area contributed by atoms with Crippen molar-refractivity contribution in [2.45, 2.75) is 59.3 Å². The molecule has 0 aliphatic heterocycles. The zero-order chi connectivity index (χ0) is 25.1. The van der Waals surface area contributed by atoms with E-state index < -0.39 is 11.9 Å². The van der Waals surface area contributed by atoms with Crippen LogP contribution < -0.4 is 14.2 Å². The molecular weight excluding hydrogens is 440 g/mol. The molecule has 35 heavy (non-hydrogen) atoms. The van der Waals surface area contributed by atoms with Crippen molar-refractivity contribution in [1.29, 1.82) is 0 Å². The molecule has 0 bridgehead atoms. The molecule has 0 spiro atoms. The maximum absolute atomic E-state index is 12.5. The normalized spacial score (nSPS) is 14.0. The van der Waals surface area contributed by atoms with Crippen LogP contribution in [0.5, 0.6) is 17.2 Å². The van der Waals surface area contributed by atoms with Gasteiger partial charge in [0.25, 0.3) is 0 Å². The van der Waals surface area contributed by atoms with E-state index >= 15 is 0 Å². The van der Waals surface area contributed by atoms with Gasteiger partial charge in [0.05, 0.1) is 20.0 Å². The van der Waals surface area contributed by atoms with Crippen molar-refractivity contribution in [3.8, 4) is 17.2 Å². The molecule has 0 saturated carbocycles. The van der Waals surface area contributed by atoms with Gasteiger partial charge in [0.2, 0.25) is 0 Å². The third-order valence-corrected chi connectivity index (χ3v) is 6.52. The molecule has 5 heteroatoms. The summed E-state index contributed by atoms with van der Waals surface area (Å²) in [5.74, 6) is 1.03. The van der Waals surface area contributed by atoms with Gasteiger partial charge in [-0.25, -0.2) is 0 Å². The third kappa shape index (κ3) is 5.56. The van der Waals surface area contributed by atoms with E-state index in [9.17, 15) is 9.59 Å². The fourth-order valence-corrected chi connectivity index (χ4v) is 5.01. The van der Waals surface area contributed by atoms with Crippen molar-refractivity contribution in [3.63, 3.8) is 0 Å². The highest BCUT2D eigenvalue weighted by atomic mass is 16.6. The van der Waals surface area contributed by atoms with Crippen LogP contribution in [-0.2, 0) is 22.4 Å². The van der Waals surface area contributed by atoms with Gasteiger partial charge in [-0.1, -0.05) is 43.3 Å². The molecule has 3 aromatic carbocycles. The second-order valence-electron chi connectivity index (χ2n) is 9.43. The molecule has 1 aliphatic carbocycles. The van der Waals surface area contributed by atoms with Crippen molar-refractivity contribution < 1.29 is 23.8 Å². The Morgan fingerprint density at radius 2 is 1.40 bits per heavy atom. The molecule has 5 nitrogen and oxygen atoms in total. The van der Waals surface area contributed by atoms with E-state index in [1.165, 1.54) is 34.9 Å². The SMILES string of the molecule is COc1ccccc1OC(=O)CCC(=O)Oc1c(C)cc(Cc2cc(C)c3c(c2)CC3C)cc1C. The van der Waals surface area contributed by atoms with Crippen LogP contribution in [0.1, 0.15) is 64.6 Å². The van der Waals surface area contributed by atoms with Gasteiger partial charge in [0.1, 0.15) is 5.75 Å². The molecule has 1 unspecified atom stereocenters. The van der Waals surface area contributed by atoms with E-state index in [1.54, 1.807) is 24.3 Å². The Morgan fingerprint density at radius 3 is 2.00 bits per heavy atom. The van der Waals surface area contributed by atoms with Gasteiger partial charge < -0.3 is 14.2 Å². The van der Waals surface area contributed by atoms with Gasteiger partial charge in [-0.15, -0.1) is 0 Å². The number of carbonyl (C=O) groups is 2.